The predicted octanol–water partition coefficient (Wildman–Crippen LogP) is 1.84. The zero-order valence-corrected chi connectivity index (χ0v) is 14.0. The van der Waals surface area contributed by atoms with Crippen LogP contribution in [0.15, 0.2) is 24.8 Å². The lowest BCUT2D eigenvalue weighted by Gasteiger charge is -2.40. The molecule has 0 aromatic carbocycles. The van der Waals surface area contributed by atoms with Gasteiger partial charge in [-0.15, -0.1) is 0 Å². The molecule has 2 aromatic rings. The lowest BCUT2D eigenvalue weighted by atomic mass is 9.79. The molecule has 0 bridgehead atoms. The van der Waals surface area contributed by atoms with Gasteiger partial charge in [0.2, 0.25) is 5.95 Å². The molecule has 2 aliphatic rings. The number of hydrogen-bond donors (Lipinski definition) is 0. The van der Waals surface area contributed by atoms with E-state index >= 15 is 0 Å². The van der Waals surface area contributed by atoms with Crippen molar-refractivity contribution in [1.29, 1.82) is 0 Å². The van der Waals surface area contributed by atoms with E-state index in [-0.39, 0.29) is 5.82 Å². The third-order valence-corrected chi connectivity index (χ3v) is 5.23. The van der Waals surface area contributed by atoms with E-state index in [4.69, 9.17) is 0 Å². The molecule has 2 saturated heterocycles. The molecule has 2 aromatic heterocycles. The second-order valence-electron chi connectivity index (χ2n) is 7.21. The first-order valence-electron chi connectivity index (χ1n) is 8.54. The minimum Gasteiger partial charge on any atom is -0.340 e. The van der Waals surface area contributed by atoms with Gasteiger partial charge in [0.15, 0.2) is 5.82 Å². The minimum absolute atomic E-state index is 0.304. The number of hydrogen-bond acceptors (Lipinski definition) is 5. The Morgan fingerprint density at radius 3 is 2.71 bits per heavy atom. The Labute approximate surface area is 141 Å². The van der Waals surface area contributed by atoms with Gasteiger partial charge in [0.25, 0.3) is 0 Å². The topological polar surface area (TPSA) is 50.1 Å². The van der Waals surface area contributed by atoms with Crippen molar-refractivity contribution in [2.45, 2.75) is 25.8 Å². The highest BCUT2D eigenvalue weighted by atomic mass is 19.1. The molecule has 1 atom stereocenters. The van der Waals surface area contributed by atoms with Crippen LogP contribution in [0.25, 0.3) is 0 Å². The second kappa shape index (κ2) is 6.12. The third kappa shape index (κ3) is 3.13. The van der Waals surface area contributed by atoms with Crippen LogP contribution in [0, 0.1) is 11.2 Å². The number of piperidine rings is 1. The summed E-state index contributed by atoms with van der Waals surface area (Å²) >= 11 is 0. The van der Waals surface area contributed by atoms with E-state index in [0.717, 1.165) is 39.1 Å². The molecule has 0 saturated carbocycles. The zero-order chi connectivity index (χ0) is 16.6. The summed E-state index contributed by atoms with van der Waals surface area (Å²) in [5.74, 6) is 0.273. The van der Waals surface area contributed by atoms with E-state index in [2.05, 4.69) is 31.1 Å². The summed E-state index contributed by atoms with van der Waals surface area (Å²) in [6.45, 7) is 5.09. The highest BCUT2D eigenvalue weighted by molar-refractivity contribution is 5.30. The third-order valence-electron chi connectivity index (χ3n) is 5.23. The molecule has 0 N–H and O–H groups in total. The van der Waals surface area contributed by atoms with Crippen molar-refractivity contribution < 1.29 is 4.39 Å². The highest BCUT2D eigenvalue weighted by Crippen LogP contribution is 2.40. The lowest BCUT2D eigenvalue weighted by molar-refractivity contribution is 0.215. The van der Waals surface area contributed by atoms with Gasteiger partial charge in [-0.3, -0.25) is 9.58 Å². The average Bonchev–Trinajstić information content (AvgIpc) is 3.15. The number of aromatic nitrogens is 4. The Morgan fingerprint density at radius 1 is 1.12 bits per heavy atom. The molecule has 0 radical (unpaired) electrons. The quantitative estimate of drug-likeness (QED) is 0.859. The van der Waals surface area contributed by atoms with Crippen molar-refractivity contribution in [1.82, 2.24) is 24.6 Å². The van der Waals surface area contributed by atoms with Gasteiger partial charge in [0.1, 0.15) is 0 Å². The number of aryl methyl sites for hydroxylation is 1. The van der Waals surface area contributed by atoms with E-state index < -0.39 is 0 Å². The first-order valence-corrected chi connectivity index (χ1v) is 8.54. The summed E-state index contributed by atoms with van der Waals surface area (Å²) in [4.78, 5) is 13.1. The van der Waals surface area contributed by atoms with Crippen LogP contribution in [0.1, 0.15) is 24.8 Å². The van der Waals surface area contributed by atoms with E-state index in [9.17, 15) is 4.39 Å². The molecule has 7 heteroatoms. The Morgan fingerprint density at radius 2 is 1.96 bits per heavy atom. The van der Waals surface area contributed by atoms with Gasteiger partial charge in [-0.1, -0.05) is 0 Å². The fraction of sp³-hybridized carbons (Fsp3) is 0.588. The van der Waals surface area contributed by atoms with Gasteiger partial charge in [-0.05, 0) is 25.8 Å². The number of nitrogens with zero attached hydrogens (tertiary/aromatic N) is 6. The van der Waals surface area contributed by atoms with Crippen LogP contribution in [-0.4, -0.2) is 50.8 Å². The normalized spacial score (nSPS) is 24.8. The molecule has 0 amide bonds. The van der Waals surface area contributed by atoms with Crippen molar-refractivity contribution in [2.24, 2.45) is 12.5 Å². The van der Waals surface area contributed by atoms with Gasteiger partial charge >= 0.3 is 0 Å². The van der Waals surface area contributed by atoms with Gasteiger partial charge in [-0.25, -0.2) is 14.4 Å². The van der Waals surface area contributed by atoms with Crippen LogP contribution in [0.2, 0.25) is 0 Å². The van der Waals surface area contributed by atoms with E-state index in [1.165, 1.54) is 30.8 Å². The molecule has 1 unspecified atom stereocenters. The first-order chi connectivity index (χ1) is 11.6. The molecular formula is C17H23FN6. The largest absolute Gasteiger partial charge is 0.340 e. The van der Waals surface area contributed by atoms with Crippen molar-refractivity contribution in [2.75, 3.05) is 31.1 Å². The number of rotatable bonds is 3. The van der Waals surface area contributed by atoms with Crippen LogP contribution in [0.3, 0.4) is 0 Å². The molecule has 128 valence electrons. The maximum absolute atomic E-state index is 13.1. The van der Waals surface area contributed by atoms with Crippen molar-refractivity contribution in [3.63, 3.8) is 0 Å². The maximum Gasteiger partial charge on any atom is 0.225 e. The molecule has 1 spiro atoms. The molecule has 6 nitrogen and oxygen atoms in total. The van der Waals surface area contributed by atoms with Crippen LogP contribution < -0.4 is 4.90 Å². The van der Waals surface area contributed by atoms with Crippen molar-refractivity contribution in [3.8, 4) is 0 Å². The molecule has 4 rings (SSSR count). The average molecular weight is 330 g/mol. The monoisotopic (exact) mass is 330 g/mol. The van der Waals surface area contributed by atoms with E-state index in [1.54, 1.807) is 0 Å². The van der Waals surface area contributed by atoms with Gasteiger partial charge in [0.05, 0.1) is 18.6 Å². The number of likely N-dealkylation sites (tertiary alicyclic amines) is 1. The predicted molar refractivity (Wildman–Crippen MR) is 89.0 cm³/mol. The Hall–Kier alpha value is -2.02. The molecule has 2 fully saturated rings. The molecule has 24 heavy (non-hydrogen) atoms. The van der Waals surface area contributed by atoms with Gasteiger partial charge < -0.3 is 4.90 Å². The molecule has 0 aliphatic carbocycles. The molecular weight excluding hydrogens is 307 g/mol. The van der Waals surface area contributed by atoms with Crippen LogP contribution in [-0.2, 0) is 13.6 Å². The van der Waals surface area contributed by atoms with Gasteiger partial charge in [-0.2, -0.15) is 5.10 Å². The van der Waals surface area contributed by atoms with E-state index in [1.807, 2.05) is 17.9 Å². The van der Waals surface area contributed by atoms with Crippen molar-refractivity contribution in [3.05, 3.63) is 36.2 Å². The summed E-state index contributed by atoms with van der Waals surface area (Å²) in [7, 11) is 1.96. The Balaban J connectivity index is 1.42. The summed E-state index contributed by atoms with van der Waals surface area (Å²) in [5.41, 5.74) is 1.57. The number of anilines is 1. The maximum atomic E-state index is 13.1. The van der Waals surface area contributed by atoms with Crippen molar-refractivity contribution >= 4 is 5.95 Å². The molecule has 2 aliphatic heterocycles. The van der Waals surface area contributed by atoms with Crippen LogP contribution in [0.4, 0.5) is 10.3 Å². The minimum atomic E-state index is -0.381. The smallest absolute Gasteiger partial charge is 0.225 e. The fourth-order valence-electron chi connectivity index (χ4n) is 4.15. The van der Waals surface area contributed by atoms with Crippen LogP contribution in [0.5, 0.6) is 0 Å². The fourth-order valence-corrected chi connectivity index (χ4v) is 4.15. The Bertz CT molecular complexity index is 699. The zero-order valence-electron chi connectivity index (χ0n) is 14.0. The molecule has 4 heterocycles. The SMILES string of the molecule is Cn1cc(CN2CCC3(CCCN(c4ncc(F)cn4)C3)C2)cn1. The summed E-state index contributed by atoms with van der Waals surface area (Å²) < 4.78 is 14.9. The standard InChI is InChI=1S/C17H23FN6/c1-22-10-14(7-21-22)11-23-6-4-17(12-23)3-2-5-24(13-17)16-19-8-15(18)9-20-16/h7-10H,2-6,11-13H2,1H3. The van der Waals surface area contributed by atoms with E-state index in [0.29, 0.717) is 11.4 Å². The Kier molecular flexibility index (Phi) is 3.96. The van der Waals surface area contributed by atoms with Gasteiger partial charge in [0, 0.05) is 50.4 Å². The summed E-state index contributed by atoms with van der Waals surface area (Å²) in [6, 6.07) is 0. The number of halogens is 1. The summed E-state index contributed by atoms with van der Waals surface area (Å²) in [6.07, 6.45) is 10.1. The second-order valence-corrected chi connectivity index (χ2v) is 7.21. The van der Waals surface area contributed by atoms with Crippen LogP contribution >= 0.6 is 0 Å². The summed E-state index contributed by atoms with van der Waals surface area (Å²) in [5, 5.41) is 4.26. The highest BCUT2D eigenvalue weighted by Gasteiger charge is 2.41. The lowest BCUT2D eigenvalue weighted by Crippen LogP contribution is -2.45. The first kappa shape index (κ1) is 15.5.